The molecule has 2 aliphatic heterocycles. The summed E-state index contributed by atoms with van der Waals surface area (Å²) < 4.78 is 16.5. The van der Waals surface area contributed by atoms with Crippen molar-refractivity contribution >= 4 is 46.0 Å². The Morgan fingerprint density at radius 1 is 1.26 bits per heavy atom. The van der Waals surface area contributed by atoms with E-state index in [1.807, 2.05) is 6.92 Å². The Morgan fingerprint density at radius 2 is 2.07 bits per heavy atom. The summed E-state index contributed by atoms with van der Waals surface area (Å²) in [6, 6.07) is 10.2. The molecule has 2 aromatic carbocycles. The highest BCUT2D eigenvalue weighted by molar-refractivity contribution is 8.27. The molecule has 138 valence electrons. The van der Waals surface area contributed by atoms with Gasteiger partial charge in [0.1, 0.15) is 0 Å². The lowest BCUT2D eigenvalue weighted by molar-refractivity contribution is -0.113. The van der Waals surface area contributed by atoms with E-state index < -0.39 is 0 Å². The van der Waals surface area contributed by atoms with Crippen LogP contribution in [0.15, 0.2) is 41.3 Å². The maximum absolute atomic E-state index is 12.9. The van der Waals surface area contributed by atoms with E-state index in [0.717, 1.165) is 5.56 Å². The van der Waals surface area contributed by atoms with Gasteiger partial charge in [-0.3, -0.25) is 9.69 Å². The Bertz CT molecular complexity index is 973. The van der Waals surface area contributed by atoms with E-state index in [4.69, 9.17) is 26.4 Å². The van der Waals surface area contributed by atoms with Crippen LogP contribution in [-0.4, -0.2) is 28.7 Å². The number of benzene rings is 2. The van der Waals surface area contributed by atoms with E-state index in [9.17, 15) is 9.90 Å². The molecular formula is C19H15NO5S2. The summed E-state index contributed by atoms with van der Waals surface area (Å²) in [6.07, 6.45) is 1.73. The molecule has 2 aliphatic rings. The molecule has 2 aromatic rings. The van der Waals surface area contributed by atoms with Crippen LogP contribution in [-0.2, 0) is 4.79 Å². The van der Waals surface area contributed by atoms with Crippen molar-refractivity contribution in [3.05, 3.63) is 46.9 Å². The molecule has 0 saturated carbocycles. The zero-order valence-corrected chi connectivity index (χ0v) is 15.9. The summed E-state index contributed by atoms with van der Waals surface area (Å²) >= 11 is 6.62. The number of thiocarbonyl (C=S) groups is 1. The van der Waals surface area contributed by atoms with Gasteiger partial charge in [0.2, 0.25) is 6.79 Å². The SMILES string of the molecule is CCOc1cc(/C=C2/SC(=S)N(c3ccc4c(c3)OCO4)C2=O)ccc1O. The second kappa shape index (κ2) is 7.13. The van der Waals surface area contributed by atoms with Gasteiger partial charge in [0.15, 0.2) is 27.3 Å². The molecule has 0 atom stereocenters. The van der Waals surface area contributed by atoms with Gasteiger partial charge in [-0.25, -0.2) is 0 Å². The second-order valence-corrected chi connectivity index (χ2v) is 7.39. The monoisotopic (exact) mass is 401 g/mol. The molecule has 0 aliphatic carbocycles. The van der Waals surface area contributed by atoms with Gasteiger partial charge in [-0.2, -0.15) is 0 Å². The van der Waals surface area contributed by atoms with Crippen molar-refractivity contribution in [2.45, 2.75) is 6.92 Å². The lowest BCUT2D eigenvalue weighted by Crippen LogP contribution is -2.27. The highest BCUT2D eigenvalue weighted by Crippen LogP contribution is 2.41. The van der Waals surface area contributed by atoms with Crippen LogP contribution in [0.3, 0.4) is 0 Å². The first-order chi connectivity index (χ1) is 13.1. The molecule has 4 rings (SSSR count). The lowest BCUT2D eigenvalue weighted by Gasteiger charge is -2.14. The number of nitrogens with zero attached hydrogens (tertiary/aromatic N) is 1. The summed E-state index contributed by atoms with van der Waals surface area (Å²) in [7, 11) is 0. The third kappa shape index (κ3) is 3.33. The standard InChI is InChI=1S/C19H15NO5S2/c1-2-23-15-7-11(3-5-13(15)21)8-17-18(22)20(19(26)27-17)12-4-6-14-16(9-12)25-10-24-14/h3-9,21H,2,10H2,1H3/b17-8+. The van der Waals surface area contributed by atoms with Gasteiger partial charge in [0, 0.05) is 6.07 Å². The summed E-state index contributed by atoms with van der Waals surface area (Å²) in [6.45, 7) is 2.44. The fraction of sp³-hybridized carbons (Fsp3) is 0.158. The number of rotatable bonds is 4. The highest BCUT2D eigenvalue weighted by Gasteiger charge is 2.34. The Labute approximate surface area is 165 Å². The van der Waals surface area contributed by atoms with Crippen molar-refractivity contribution in [3.8, 4) is 23.0 Å². The lowest BCUT2D eigenvalue weighted by atomic mass is 10.2. The number of anilines is 1. The summed E-state index contributed by atoms with van der Waals surface area (Å²) in [5.41, 5.74) is 1.37. The molecular weight excluding hydrogens is 386 g/mol. The zero-order chi connectivity index (χ0) is 19.0. The van der Waals surface area contributed by atoms with Gasteiger partial charge in [-0.15, -0.1) is 0 Å². The minimum atomic E-state index is -0.213. The van der Waals surface area contributed by atoms with Crippen molar-refractivity contribution in [1.29, 1.82) is 0 Å². The molecule has 8 heteroatoms. The van der Waals surface area contributed by atoms with Crippen LogP contribution in [0.25, 0.3) is 6.08 Å². The first-order valence-corrected chi connectivity index (χ1v) is 9.42. The van der Waals surface area contributed by atoms with Crippen molar-refractivity contribution in [2.75, 3.05) is 18.3 Å². The molecule has 6 nitrogen and oxygen atoms in total. The van der Waals surface area contributed by atoms with Crippen LogP contribution in [0.2, 0.25) is 0 Å². The number of carbonyl (C=O) groups is 1. The normalized spacial score (nSPS) is 17.1. The number of amides is 1. The van der Waals surface area contributed by atoms with E-state index in [0.29, 0.717) is 38.8 Å². The van der Waals surface area contributed by atoms with Crippen LogP contribution in [0.4, 0.5) is 5.69 Å². The third-order valence-electron chi connectivity index (χ3n) is 3.99. The number of aromatic hydroxyl groups is 1. The van der Waals surface area contributed by atoms with Gasteiger partial charge in [0.05, 0.1) is 17.2 Å². The summed E-state index contributed by atoms with van der Waals surface area (Å²) in [4.78, 5) is 14.9. The molecule has 1 saturated heterocycles. The fourth-order valence-electron chi connectivity index (χ4n) is 2.76. The number of hydrogen-bond acceptors (Lipinski definition) is 7. The van der Waals surface area contributed by atoms with Gasteiger partial charge < -0.3 is 19.3 Å². The van der Waals surface area contributed by atoms with E-state index in [1.165, 1.54) is 22.7 Å². The molecule has 1 fully saturated rings. The fourth-order valence-corrected chi connectivity index (χ4v) is 4.06. The number of hydrogen-bond donors (Lipinski definition) is 1. The average Bonchev–Trinajstić information content (AvgIpc) is 3.22. The summed E-state index contributed by atoms with van der Waals surface area (Å²) in [5.74, 6) is 1.45. The van der Waals surface area contributed by atoms with Crippen LogP contribution >= 0.6 is 24.0 Å². The Kier molecular flexibility index (Phi) is 4.67. The number of phenolic OH excluding ortho intramolecular Hbond substituents is 1. The zero-order valence-electron chi connectivity index (χ0n) is 14.3. The van der Waals surface area contributed by atoms with Crippen LogP contribution in [0, 0.1) is 0 Å². The van der Waals surface area contributed by atoms with Crippen molar-refractivity contribution in [1.82, 2.24) is 0 Å². The van der Waals surface area contributed by atoms with Crippen molar-refractivity contribution in [3.63, 3.8) is 0 Å². The number of thioether (sulfide) groups is 1. The van der Waals surface area contributed by atoms with Crippen LogP contribution in [0.1, 0.15) is 12.5 Å². The molecule has 0 radical (unpaired) electrons. The van der Waals surface area contributed by atoms with E-state index in [-0.39, 0.29) is 18.4 Å². The van der Waals surface area contributed by atoms with Gasteiger partial charge in [-0.1, -0.05) is 30.0 Å². The maximum atomic E-state index is 12.9. The van der Waals surface area contributed by atoms with Crippen LogP contribution < -0.4 is 19.1 Å². The Morgan fingerprint density at radius 3 is 2.89 bits per heavy atom. The molecule has 1 amide bonds. The van der Waals surface area contributed by atoms with E-state index in [2.05, 4.69) is 0 Å². The molecule has 27 heavy (non-hydrogen) atoms. The predicted molar refractivity (Wildman–Crippen MR) is 107 cm³/mol. The highest BCUT2D eigenvalue weighted by atomic mass is 32.2. The van der Waals surface area contributed by atoms with E-state index in [1.54, 1.807) is 36.4 Å². The molecule has 0 aromatic heterocycles. The first kappa shape index (κ1) is 17.7. The maximum Gasteiger partial charge on any atom is 0.270 e. The van der Waals surface area contributed by atoms with Crippen LogP contribution in [0.5, 0.6) is 23.0 Å². The first-order valence-electron chi connectivity index (χ1n) is 8.20. The molecule has 2 heterocycles. The van der Waals surface area contributed by atoms with Gasteiger partial charge >= 0.3 is 0 Å². The topological polar surface area (TPSA) is 68.2 Å². The Hall–Kier alpha value is -2.71. The average molecular weight is 401 g/mol. The minimum Gasteiger partial charge on any atom is -0.504 e. The van der Waals surface area contributed by atoms with Gasteiger partial charge in [0.25, 0.3) is 5.91 Å². The number of carbonyl (C=O) groups excluding carboxylic acids is 1. The summed E-state index contributed by atoms with van der Waals surface area (Å²) in [5, 5.41) is 9.82. The minimum absolute atomic E-state index is 0.0573. The number of ether oxygens (including phenoxy) is 3. The smallest absolute Gasteiger partial charge is 0.270 e. The largest absolute Gasteiger partial charge is 0.504 e. The second-order valence-electron chi connectivity index (χ2n) is 5.71. The molecule has 0 spiro atoms. The van der Waals surface area contributed by atoms with Crippen molar-refractivity contribution in [2.24, 2.45) is 0 Å². The third-order valence-corrected chi connectivity index (χ3v) is 5.29. The quantitative estimate of drug-likeness (QED) is 0.615. The predicted octanol–water partition coefficient (Wildman–Crippen LogP) is 3.93. The number of phenols is 1. The Balaban J connectivity index is 1.63. The number of fused-ring (bicyclic) bond motifs is 1. The van der Waals surface area contributed by atoms with Gasteiger partial charge in [-0.05, 0) is 42.8 Å². The van der Waals surface area contributed by atoms with Crippen molar-refractivity contribution < 1.29 is 24.1 Å². The van der Waals surface area contributed by atoms with E-state index >= 15 is 0 Å². The molecule has 1 N–H and O–H groups in total. The molecule has 0 unspecified atom stereocenters. The molecule has 0 bridgehead atoms.